The highest BCUT2D eigenvalue weighted by Crippen LogP contribution is 2.39. The summed E-state index contributed by atoms with van der Waals surface area (Å²) in [5.74, 6) is 7.56. The maximum absolute atomic E-state index is 13.4. The molecule has 0 radical (unpaired) electrons. The van der Waals surface area contributed by atoms with E-state index in [2.05, 4.69) is 12.1 Å². The van der Waals surface area contributed by atoms with E-state index in [-0.39, 0.29) is 23.0 Å². The molecule has 2 unspecified atom stereocenters. The van der Waals surface area contributed by atoms with Gasteiger partial charge in [-0.25, -0.2) is 13.4 Å². The van der Waals surface area contributed by atoms with Crippen LogP contribution in [-0.4, -0.2) is 33.1 Å². The summed E-state index contributed by atoms with van der Waals surface area (Å²) < 4.78 is 34.2. The van der Waals surface area contributed by atoms with Crippen molar-refractivity contribution in [1.82, 2.24) is 5.01 Å². The van der Waals surface area contributed by atoms with Crippen LogP contribution >= 0.6 is 0 Å². The molecule has 3 aromatic carbocycles. The van der Waals surface area contributed by atoms with Crippen molar-refractivity contribution in [2.75, 3.05) is 17.9 Å². The van der Waals surface area contributed by atoms with Gasteiger partial charge in [0.1, 0.15) is 5.75 Å². The smallest absolute Gasteiger partial charge is 0.264 e. The van der Waals surface area contributed by atoms with Crippen molar-refractivity contribution in [3.8, 4) is 5.75 Å². The van der Waals surface area contributed by atoms with Crippen molar-refractivity contribution < 1.29 is 13.2 Å². The van der Waals surface area contributed by atoms with Crippen molar-refractivity contribution in [3.05, 3.63) is 89.5 Å². The van der Waals surface area contributed by atoms with Gasteiger partial charge in [-0.3, -0.25) is 10.1 Å². The third-order valence-corrected chi connectivity index (χ3v) is 8.67. The van der Waals surface area contributed by atoms with E-state index in [1.165, 1.54) is 9.87 Å². The fraction of sp³-hybridized carbons (Fsp3) is 0.379. The Morgan fingerprint density at radius 1 is 1.06 bits per heavy atom. The van der Waals surface area contributed by atoms with Gasteiger partial charge >= 0.3 is 0 Å². The number of aryl methyl sites for hydroxylation is 1. The molecule has 1 aliphatic rings. The lowest BCUT2D eigenvalue weighted by Gasteiger charge is -2.39. The van der Waals surface area contributed by atoms with Crippen LogP contribution in [0.4, 0.5) is 5.69 Å². The minimum absolute atomic E-state index is 0.00547. The predicted octanol–water partition coefficient (Wildman–Crippen LogP) is 5.48. The number of hydrogen-bond acceptors (Lipinski definition) is 5. The number of nitrogens with two attached hydrogens (primary N) is 1. The summed E-state index contributed by atoms with van der Waals surface area (Å²) in [5, 5.41) is 1.95. The van der Waals surface area contributed by atoms with Crippen molar-refractivity contribution in [2.24, 2.45) is 11.8 Å². The van der Waals surface area contributed by atoms with Crippen LogP contribution < -0.4 is 14.9 Å². The highest BCUT2D eigenvalue weighted by Gasteiger charge is 2.32. The fourth-order valence-corrected chi connectivity index (χ4v) is 6.20. The van der Waals surface area contributed by atoms with Crippen LogP contribution in [0.2, 0.25) is 0 Å². The lowest BCUT2D eigenvalue weighted by Crippen LogP contribution is -2.44. The van der Waals surface area contributed by atoms with Gasteiger partial charge < -0.3 is 4.74 Å². The van der Waals surface area contributed by atoms with Crippen LogP contribution in [0.5, 0.6) is 5.75 Å². The van der Waals surface area contributed by atoms with Gasteiger partial charge in [-0.2, -0.15) is 0 Å². The molecule has 2 N–H and O–H groups in total. The SMILES string of the molecule is Cc1ccc(S(=O)(=O)N(C)c2ccc(OC(C)C)c(CC3CCCN(N)C3c3ccccc3)c2)cc1. The molecule has 1 aliphatic heterocycles. The summed E-state index contributed by atoms with van der Waals surface area (Å²) >= 11 is 0. The first-order valence-electron chi connectivity index (χ1n) is 12.6. The Labute approximate surface area is 215 Å². The van der Waals surface area contributed by atoms with Gasteiger partial charge in [-0.05, 0) is 87.4 Å². The number of rotatable bonds is 8. The summed E-state index contributed by atoms with van der Waals surface area (Å²) in [7, 11) is -2.09. The number of piperidine rings is 1. The second kappa shape index (κ2) is 11.0. The van der Waals surface area contributed by atoms with Crippen LogP contribution in [0, 0.1) is 12.8 Å². The first-order valence-corrected chi connectivity index (χ1v) is 14.0. The van der Waals surface area contributed by atoms with Gasteiger partial charge in [-0.1, -0.05) is 48.0 Å². The van der Waals surface area contributed by atoms with E-state index in [0.29, 0.717) is 5.69 Å². The highest BCUT2D eigenvalue weighted by atomic mass is 32.2. The summed E-state index contributed by atoms with van der Waals surface area (Å²) in [6, 6.07) is 23.1. The van der Waals surface area contributed by atoms with Crippen molar-refractivity contribution in [1.29, 1.82) is 0 Å². The lowest BCUT2D eigenvalue weighted by atomic mass is 9.81. The first-order chi connectivity index (χ1) is 17.2. The van der Waals surface area contributed by atoms with Crippen molar-refractivity contribution in [3.63, 3.8) is 0 Å². The van der Waals surface area contributed by atoms with E-state index in [0.717, 1.165) is 42.7 Å². The normalized spacial score (nSPS) is 18.8. The Bertz CT molecular complexity index is 1260. The quantitative estimate of drug-likeness (QED) is 0.409. The Hall–Kier alpha value is -2.87. The van der Waals surface area contributed by atoms with E-state index in [1.54, 1.807) is 19.2 Å². The molecule has 192 valence electrons. The minimum atomic E-state index is -3.69. The first kappa shape index (κ1) is 26.2. The highest BCUT2D eigenvalue weighted by molar-refractivity contribution is 7.92. The standard InChI is InChI=1S/C29H37N3O3S/c1-21(2)35-28-17-14-26(31(4)36(33,34)27-15-12-22(3)13-16-27)20-25(28)19-24-11-8-18-32(30)29(24)23-9-6-5-7-10-23/h5-7,9-10,12-17,20-21,24,29H,8,11,18-19,30H2,1-4H3. The molecular weight excluding hydrogens is 470 g/mol. The number of sulfonamides is 1. The van der Waals surface area contributed by atoms with Crippen LogP contribution in [-0.2, 0) is 16.4 Å². The number of ether oxygens (including phenoxy) is 1. The largest absolute Gasteiger partial charge is 0.491 e. The van der Waals surface area contributed by atoms with Crippen LogP contribution in [0.25, 0.3) is 0 Å². The zero-order chi connectivity index (χ0) is 25.9. The zero-order valence-electron chi connectivity index (χ0n) is 21.6. The summed E-state index contributed by atoms with van der Waals surface area (Å²) in [4.78, 5) is 0.273. The minimum Gasteiger partial charge on any atom is -0.491 e. The third kappa shape index (κ3) is 5.75. The Morgan fingerprint density at radius 2 is 1.75 bits per heavy atom. The average molecular weight is 508 g/mol. The molecule has 4 rings (SSSR count). The van der Waals surface area contributed by atoms with Crippen molar-refractivity contribution in [2.45, 2.75) is 57.1 Å². The molecule has 0 aromatic heterocycles. The number of hydrazine groups is 1. The number of hydrogen-bond donors (Lipinski definition) is 1. The lowest BCUT2D eigenvalue weighted by molar-refractivity contribution is 0.0919. The topological polar surface area (TPSA) is 75.9 Å². The molecule has 7 heteroatoms. The Balaban J connectivity index is 1.69. The van der Waals surface area contributed by atoms with E-state index < -0.39 is 10.0 Å². The van der Waals surface area contributed by atoms with E-state index in [4.69, 9.17) is 10.6 Å². The van der Waals surface area contributed by atoms with Crippen LogP contribution in [0.1, 0.15) is 49.4 Å². The molecule has 2 atom stereocenters. The van der Waals surface area contributed by atoms with Crippen molar-refractivity contribution >= 4 is 15.7 Å². The maximum Gasteiger partial charge on any atom is 0.264 e. The molecule has 0 aliphatic carbocycles. The van der Waals surface area contributed by atoms with E-state index in [1.807, 2.05) is 74.3 Å². The predicted molar refractivity (Wildman–Crippen MR) is 145 cm³/mol. The second-order valence-corrected chi connectivity index (χ2v) is 11.9. The summed E-state index contributed by atoms with van der Waals surface area (Å²) in [6.07, 6.45) is 2.80. The van der Waals surface area contributed by atoms with Gasteiger partial charge in [0.25, 0.3) is 10.0 Å². The molecule has 0 spiro atoms. The fourth-order valence-electron chi connectivity index (χ4n) is 5.01. The van der Waals surface area contributed by atoms with Gasteiger partial charge in [-0.15, -0.1) is 0 Å². The average Bonchev–Trinajstić information content (AvgIpc) is 2.85. The molecule has 0 bridgehead atoms. The number of anilines is 1. The molecule has 0 saturated carbocycles. The van der Waals surface area contributed by atoms with Crippen LogP contribution in [0.3, 0.4) is 0 Å². The molecule has 1 heterocycles. The van der Waals surface area contributed by atoms with E-state index in [9.17, 15) is 8.42 Å². The molecule has 1 fully saturated rings. The van der Waals surface area contributed by atoms with E-state index >= 15 is 0 Å². The molecule has 0 amide bonds. The van der Waals surface area contributed by atoms with Gasteiger partial charge in [0.2, 0.25) is 0 Å². The maximum atomic E-state index is 13.4. The van der Waals surface area contributed by atoms with Crippen LogP contribution in [0.15, 0.2) is 77.7 Å². The third-order valence-electron chi connectivity index (χ3n) is 6.87. The van der Waals surface area contributed by atoms with Gasteiger partial charge in [0, 0.05) is 13.6 Å². The molecule has 3 aromatic rings. The summed E-state index contributed by atoms with van der Waals surface area (Å²) in [5.41, 5.74) is 3.82. The second-order valence-electron chi connectivity index (χ2n) is 9.94. The Morgan fingerprint density at radius 3 is 2.42 bits per heavy atom. The number of nitrogens with zero attached hydrogens (tertiary/aromatic N) is 2. The monoisotopic (exact) mass is 507 g/mol. The molecular formula is C29H37N3O3S. The Kier molecular flexibility index (Phi) is 8.03. The summed E-state index contributed by atoms with van der Waals surface area (Å²) in [6.45, 7) is 6.79. The zero-order valence-corrected chi connectivity index (χ0v) is 22.4. The van der Waals surface area contributed by atoms with Gasteiger partial charge in [0.15, 0.2) is 0 Å². The van der Waals surface area contributed by atoms with Gasteiger partial charge in [0.05, 0.1) is 22.7 Å². The number of benzene rings is 3. The molecule has 6 nitrogen and oxygen atoms in total. The molecule has 36 heavy (non-hydrogen) atoms. The molecule has 1 saturated heterocycles.